The van der Waals surface area contributed by atoms with Gasteiger partial charge in [0.2, 0.25) is 0 Å². The van der Waals surface area contributed by atoms with E-state index in [9.17, 15) is 4.79 Å². The minimum atomic E-state index is -0.797. The molecule has 1 aromatic rings. The van der Waals surface area contributed by atoms with Crippen LogP contribution in [0.5, 0.6) is 5.75 Å². The number of aliphatic carboxylic acids is 1. The molecule has 2 aliphatic carbocycles. The minimum Gasteiger partial charge on any atom is -0.490 e. The van der Waals surface area contributed by atoms with Gasteiger partial charge in [-0.1, -0.05) is 31.4 Å². The molecule has 0 heterocycles. The average molecular weight is 274 g/mol. The summed E-state index contributed by atoms with van der Waals surface area (Å²) in [7, 11) is 0. The molecule has 0 saturated heterocycles. The number of hydrogen-bond donors (Lipinski definition) is 1. The fourth-order valence-corrected chi connectivity index (χ4v) is 3.75. The number of rotatable bonds is 4. The summed E-state index contributed by atoms with van der Waals surface area (Å²) in [6.45, 7) is 0. The van der Waals surface area contributed by atoms with Crippen LogP contribution in [0.4, 0.5) is 0 Å². The van der Waals surface area contributed by atoms with Gasteiger partial charge in [-0.15, -0.1) is 0 Å². The van der Waals surface area contributed by atoms with Crippen molar-refractivity contribution in [3.8, 4) is 5.75 Å². The van der Waals surface area contributed by atoms with Crippen LogP contribution in [0.2, 0.25) is 0 Å². The second kappa shape index (κ2) is 5.47. The largest absolute Gasteiger partial charge is 0.490 e. The molecule has 0 radical (unpaired) electrons. The van der Waals surface area contributed by atoms with Crippen molar-refractivity contribution in [3.05, 3.63) is 29.8 Å². The molecule has 0 aliphatic heterocycles. The first-order valence-corrected chi connectivity index (χ1v) is 7.65. The van der Waals surface area contributed by atoms with E-state index in [1.807, 2.05) is 24.3 Å². The number of hydrogen-bond acceptors (Lipinski definition) is 2. The zero-order valence-corrected chi connectivity index (χ0v) is 11.8. The normalized spacial score (nSPS) is 24.1. The van der Waals surface area contributed by atoms with Gasteiger partial charge in [-0.3, -0.25) is 4.79 Å². The Hall–Kier alpha value is -1.51. The number of benzene rings is 1. The molecule has 3 nitrogen and oxygen atoms in total. The van der Waals surface area contributed by atoms with Crippen molar-refractivity contribution in [1.29, 1.82) is 0 Å². The van der Waals surface area contributed by atoms with Gasteiger partial charge in [0.05, 0.1) is 6.42 Å². The van der Waals surface area contributed by atoms with E-state index in [0.717, 1.165) is 17.7 Å². The molecule has 2 aliphatic rings. The van der Waals surface area contributed by atoms with Crippen molar-refractivity contribution < 1.29 is 14.6 Å². The van der Waals surface area contributed by atoms with Gasteiger partial charge in [-0.05, 0) is 43.4 Å². The van der Waals surface area contributed by atoms with Crippen LogP contribution in [0.15, 0.2) is 24.3 Å². The van der Waals surface area contributed by atoms with Gasteiger partial charge in [0.1, 0.15) is 11.9 Å². The quantitative estimate of drug-likeness (QED) is 0.908. The van der Waals surface area contributed by atoms with E-state index in [1.165, 1.54) is 38.5 Å². The first-order valence-electron chi connectivity index (χ1n) is 7.65. The summed E-state index contributed by atoms with van der Waals surface area (Å²) < 4.78 is 6.17. The van der Waals surface area contributed by atoms with Crippen molar-refractivity contribution in [1.82, 2.24) is 0 Å². The molecule has 2 fully saturated rings. The Morgan fingerprint density at radius 1 is 1.25 bits per heavy atom. The molecule has 3 rings (SSSR count). The zero-order valence-electron chi connectivity index (χ0n) is 11.8. The number of carbonyl (C=O) groups is 1. The van der Waals surface area contributed by atoms with Crippen molar-refractivity contribution in [3.63, 3.8) is 0 Å². The standard InChI is InChI=1S/C17H22O3/c18-16(19)12-13-5-4-6-14(11-13)20-15-7-10-17(15)8-2-1-3-9-17/h4-6,11,15H,1-3,7-10,12H2,(H,18,19). The zero-order chi connectivity index (χ0) is 14.0. The van der Waals surface area contributed by atoms with Crippen LogP contribution in [0, 0.1) is 5.41 Å². The molecule has 20 heavy (non-hydrogen) atoms. The monoisotopic (exact) mass is 274 g/mol. The summed E-state index contributed by atoms with van der Waals surface area (Å²) in [5, 5.41) is 8.85. The second-order valence-corrected chi connectivity index (χ2v) is 6.29. The average Bonchev–Trinajstić information content (AvgIpc) is 2.44. The molecule has 3 heteroatoms. The van der Waals surface area contributed by atoms with Crippen LogP contribution in [-0.4, -0.2) is 17.2 Å². The number of ether oxygens (including phenoxy) is 1. The van der Waals surface area contributed by atoms with Crippen LogP contribution in [0.3, 0.4) is 0 Å². The molecule has 1 atom stereocenters. The molecule has 0 amide bonds. The van der Waals surface area contributed by atoms with Gasteiger partial charge in [-0.25, -0.2) is 0 Å². The molecule has 1 unspecified atom stereocenters. The van der Waals surface area contributed by atoms with E-state index in [-0.39, 0.29) is 6.42 Å². The Balaban J connectivity index is 1.67. The molecule has 108 valence electrons. The van der Waals surface area contributed by atoms with E-state index in [0.29, 0.717) is 11.5 Å². The Bertz CT molecular complexity index is 489. The first kappa shape index (κ1) is 13.5. The third-order valence-corrected chi connectivity index (χ3v) is 4.97. The molecule has 1 spiro atoms. The van der Waals surface area contributed by atoms with Crippen molar-refractivity contribution >= 4 is 5.97 Å². The van der Waals surface area contributed by atoms with Gasteiger partial charge in [0.25, 0.3) is 0 Å². The van der Waals surface area contributed by atoms with Gasteiger partial charge >= 0.3 is 5.97 Å². The Morgan fingerprint density at radius 3 is 2.70 bits per heavy atom. The maximum absolute atomic E-state index is 10.8. The predicted octanol–water partition coefficient (Wildman–Crippen LogP) is 3.81. The SMILES string of the molecule is O=C(O)Cc1cccc(OC2CCC23CCCCC3)c1. The summed E-state index contributed by atoms with van der Waals surface area (Å²) >= 11 is 0. The van der Waals surface area contributed by atoms with E-state index in [1.54, 1.807) is 0 Å². The highest BCUT2D eigenvalue weighted by Gasteiger charge is 2.48. The van der Waals surface area contributed by atoms with E-state index >= 15 is 0 Å². The van der Waals surface area contributed by atoms with Gasteiger partial charge in [0.15, 0.2) is 0 Å². The summed E-state index contributed by atoms with van der Waals surface area (Å²) in [4.78, 5) is 10.8. The lowest BCUT2D eigenvalue weighted by molar-refractivity contribution is -0.136. The number of carboxylic acids is 1. The van der Waals surface area contributed by atoms with Crippen LogP contribution in [0.1, 0.15) is 50.5 Å². The molecule has 2 saturated carbocycles. The Morgan fingerprint density at radius 2 is 2.05 bits per heavy atom. The van der Waals surface area contributed by atoms with Crippen molar-refractivity contribution in [2.45, 2.75) is 57.5 Å². The van der Waals surface area contributed by atoms with Crippen LogP contribution in [-0.2, 0) is 11.2 Å². The summed E-state index contributed by atoms with van der Waals surface area (Å²) in [6.07, 6.45) is 9.46. The van der Waals surface area contributed by atoms with E-state index in [2.05, 4.69) is 0 Å². The topological polar surface area (TPSA) is 46.5 Å². The minimum absolute atomic E-state index is 0.0625. The highest BCUT2D eigenvalue weighted by molar-refractivity contribution is 5.70. The summed E-state index contributed by atoms with van der Waals surface area (Å²) in [5.74, 6) is 0.0351. The molecule has 0 bridgehead atoms. The van der Waals surface area contributed by atoms with Gasteiger partial charge < -0.3 is 9.84 Å². The second-order valence-electron chi connectivity index (χ2n) is 6.29. The van der Waals surface area contributed by atoms with Gasteiger partial charge in [-0.2, -0.15) is 0 Å². The fraction of sp³-hybridized carbons (Fsp3) is 0.588. The molecule has 1 N–H and O–H groups in total. The Labute approximate surface area is 120 Å². The predicted molar refractivity (Wildman–Crippen MR) is 76.9 cm³/mol. The third kappa shape index (κ3) is 2.67. The molecular weight excluding hydrogens is 252 g/mol. The fourth-order valence-electron chi connectivity index (χ4n) is 3.75. The molecule has 1 aromatic carbocycles. The maximum Gasteiger partial charge on any atom is 0.307 e. The Kier molecular flexibility index (Phi) is 3.68. The van der Waals surface area contributed by atoms with Crippen LogP contribution >= 0.6 is 0 Å². The van der Waals surface area contributed by atoms with Crippen molar-refractivity contribution in [2.75, 3.05) is 0 Å². The summed E-state index contributed by atoms with van der Waals surface area (Å²) in [5.41, 5.74) is 1.23. The smallest absolute Gasteiger partial charge is 0.307 e. The molecule has 0 aromatic heterocycles. The lowest BCUT2D eigenvalue weighted by Crippen LogP contribution is -2.49. The maximum atomic E-state index is 10.8. The summed E-state index contributed by atoms with van der Waals surface area (Å²) in [6, 6.07) is 7.56. The first-order chi connectivity index (χ1) is 9.68. The highest BCUT2D eigenvalue weighted by Crippen LogP contribution is 2.53. The van der Waals surface area contributed by atoms with Gasteiger partial charge in [0, 0.05) is 5.41 Å². The number of carboxylic acid groups (broad SMARTS) is 1. The highest BCUT2D eigenvalue weighted by atomic mass is 16.5. The van der Waals surface area contributed by atoms with E-state index < -0.39 is 5.97 Å². The van der Waals surface area contributed by atoms with Crippen molar-refractivity contribution in [2.24, 2.45) is 5.41 Å². The lowest BCUT2D eigenvalue weighted by atomic mass is 9.58. The van der Waals surface area contributed by atoms with E-state index in [4.69, 9.17) is 9.84 Å². The third-order valence-electron chi connectivity index (χ3n) is 4.97. The van der Waals surface area contributed by atoms with Crippen LogP contribution < -0.4 is 4.74 Å². The molecular formula is C17H22O3. The lowest BCUT2D eigenvalue weighted by Gasteiger charge is -2.51. The van der Waals surface area contributed by atoms with Crippen LogP contribution in [0.25, 0.3) is 0 Å².